The molecule has 0 bridgehead atoms. The fourth-order valence-electron chi connectivity index (χ4n) is 2.45. The summed E-state index contributed by atoms with van der Waals surface area (Å²) >= 11 is 13.1. The molecule has 1 N–H and O–H groups in total. The van der Waals surface area contributed by atoms with Crippen LogP contribution in [-0.2, 0) is 15.4 Å². The summed E-state index contributed by atoms with van der Waals surface area (Å²) in [7, 11) is -3.88. The summed E-state index contributed by atoms with van der Waals surface area (Å²) in [4.78, 5) is 4.31. The zero-order valence-electron chi connectivity index (χ0n) is 15.0. The molecule has 0 atom stereocenters. The lowest BCUT2D eigenvalue weighted by atomic mass is 9.86. The molecule has 1 heterocycles. The molecule has 27 heavy (non-hydrogen) atoms. The number of aromatic nitrogens is 1. The molecule has 0 saturated carbocycles. The maximum absolute atomic E-state index is 12.6. The number of hydrogen-bond acceptors (Lipinski definition) is 4. The van der Waals surface area contributed by atoms with E-state index in [0.717, 1.165) is 5.56 Å². The predicted octanol–water partition coefficient (Wildman–Crippen LogP) is 6.22. The minimum Gasteiger partial charge on any atom is -0.255 e. The van der Waals surface area contributed by atoms with Crippen LogP contribution in [0.1, 0.15) is 26.3 Å². The van der Waals surface area contributed by atoms with Gasteiger partial charge in [0.05, 0.1) is 10.7 Å². The highest BCUT2D eigenvalue weighted by molar-refractivity contribution is 7.93. The van der Waals surface area contributed by atoms with Gasteiger partial charge in [0.1, 0.15) is 4.90 Å². The van der Waals surface area contributed by atoms with Crippen LogP contribution in [0.5, 0.6) is 0 Å². The molecule has 0 unspecified atom stereocenters. The van der Waals surface area contributed by atoms with E-state index < -0.39 is 10.0 Å². The van der Waals surface area contributed by atoms with Gasteiger partial charge in [0, 0.05) is 16.0 Å². The van der Waals surface area contributed by atoms with Crippen molar-refractivity contribution in [3.8, 4) is 11.3 Å². The van der Waals surface area contributed by atoms with Crippen LogP contribution >= 0.6 is 34.5 Å². The van der Waals surface area contributed by atoms with E-state index in [1.54, 1.807) is 0 Å². The maximum atomic E-state index is 12.6. The van der Waals surface area contributed by atoms with Crippen LogP contribution in [0.2, 0.25) is 10.0 Å². The van der Waals surface area contributed by atoms with Crippen LogP contribution < -0.4 is 4.72 Å². The third kappa shape index (κ3) is 4.63. The van der Waals surface area contributed by atoms with Crippen LogP contribution in [0.3, 0.4) is 0 Å². The summed E-state index contributed by atoms with van der Waals surface area (Å²) in [5.74, 6) is 0. The van der Waals surface area contributed by atoms with E-state index in [2.05, 4.69) is 42.6 Å². The molecule has 2 aromatic carbocycles. The number of nitrogens with one attached hydrogen (secondary N) is 1. The van der Waals surface area contributed by atoms with E-state index in [-0.39, 0.29) is 20.5 Å². The molecule has 142 valence electrons. The van der Waals surface area contributed by atoms with Crippen molar-refractivity contribution in [2.24, 2.45) is 0 Å². The molecule has 0 aliphatic rings. The van der Waals surface area contributed by atoms with E-state index in [0.29, 0.717) is 10.7 Å². The van der Waals surface area contributed by atoms with Gasteiger partial charge in [-0.2, -0.15) is 0 Å². The van der Waals surface area contributed by atoms with E-state index in [1.165, 1.54) is 35.1 Å². The number of hydrogen-bond donors (Lipinski definition) is 1. The second-order valence-electron chi connectivity index (χ2n) is 7.05. The average molecular weight is 441 g/mol. The van der Waals surface area contributed by atoms with Gasteiger partial charge >= 0.3 is 0 Å². The number of nitrogens with zero attached hydrogens (tertiary/aromatic N) is 1. The van der Waals surface area contributed by atoms with Crippen molar-refractivity contribution in [2.75, 3.05) is 4.72 Å². The molecule has 3 rings (SSSR count). The third-order valence-corrected chi connectivity index (χ3v) is 6.90. The fourth-order valence-corrected chi connectivity index (χ4v) is 5.18. The highest BCUT2D eigenvalue weighted by atomic mass is 35.5. The Morgan fingerprint density at radius 3 is 2.33 bits per heavy atom. The standard InChI is InChI=1S/C19H18Cl2N2O2S2/c1-19(2,3)13-6-4-12(5-7-13)16-11-26-18(22-16)23-27(24,25)17-10-14(20)8-9-15(17)21/h4-11H,1-3H3,(H,22,23). The largest absolute Gasteiger partial charge is 0.265 e. The van der Waals surface area contributed by atoms with Crippen molar-refractivity contribution in [3.05, 3.63) is 63.5 Å². The Morgan fingerprint density at radius 2 is 1.70 bits per heavy atom. The van der Waals surface area contributed by atoms with Gasteiger partial charge in [-0.15, -0.1) is 11.3 Å². The Morgan fingerprint density at radius 1 is 1.04 bits per heavy atom. The van der Waals surface area contributed by atoms with Crippen LogP contribution in [0.25, 0.3) is 11.3 Å². The molecule has 4 nitrogen and oxygen atoms in total. The molecule has 0 fully saturated rings. The number of benzene rings is 2. The zero-order chi connectivity index (χ0) is 19.8. The van der Waals surface area contributed by atoms with Crippen LogP contribution in [0.15, 0.2) is 52.7 Å². The lowest BCUT2D eigenvalue weighted by molar-refractivity contribution is 0.590. The van der Waals surface area contributed by atoms with Crippen LogP contribution in [-0.4, -0.2) is 13.4 Å². The van der Waals surface area contributed by atoms with Crippen molar-refractivity contribution in [3.63, 3.8) is 0 Å². The average Bonchev–Trinajstić information content (AvgIpc) is 3.04. The van der Waals surface area contributed by atoms with E-state index in [4.69, 9.17) is 23.2 Å². The van der Waals surface area contributed by atoms with Crippen molar-refractivity contribution in [1.29, 1.82) is 0 Å². The highest BCUT2D eigenvalue weighted by Crippen LogP contribution is 2.31. The molecule has 0 aliphatic heterocycles. The summed E-state index contributed by atoms with van der Waals surface area (Å²) in [6.45, 7) is 6.45. The normalized spacial score (nSPS) is 12.2. The first-order valence-electron chi connectivity index (χ1n) is 8.10. The van der Waals surface area contributed by atoms with E-state index in [9.17, 15) is 8.42 Å². The minimum absolute atomic E-state index is 0.0671. The molecule has 8 heteroatoms. The van der Waals surface area contributed by atoms with Gasteiger partial charge in [-0.05, 0) is 29.2 Å². The first-order valence-corrected chi connectivity index (χ1v) is 11.2. The summed E-state index contributed by atoms with van der Waals surface area (Å²) in [5.41, 5.74) is 2.91. The summed E-state index contributed by atoms with van der Waals surface area (Å²) in [5, 5.41) is 2.46. The second kappa shape index (κ2) is 7.43. The molecule has 0 saturated heterocycles. The number of sulfonamides is 1. The SMILES string of the molecule is CC(C)(C)c1ccc(-c2csc(NS(=O)(=O)c3cc(Cl)ccc3Cl)n2)cc1. The van der Waals surface area contributed by atoms with Crippen molar-refractivity contribution >= 4 is 49.7 Å². The van der Waals surface area contributed by atoms with Crippen LogP contribution in [0, 0.1) is 0 Å². The molecule has 0 amide bonds. The first kappa shape index (κ1) is 20.1. The number of halogens is 2. The monoisotopic (exact) mass is 440 g/mol. The Bertz CT molecular complexity index is 1070. The van der Waals surface area contributed by atoms with Gasteiger partial charge in [-0.3, -0.25) is 4.72 Å². The van der Waals surface area contributed by atoms with Gasteiger partial charge in [0.2, 0.25) is 0 Å². The molecular weight excluding hydrogens is 423 g/mol. The van der Waals surface area contributed by atoms with Crippen molar-refractivity contribution < 1.29 is 8.42 Å². The second-order valence-corrected chi connectivity index (χ2v) is 10.4. The minimum atomic E-state index is -3.88. The van der Waals surface area contributed by atoms with Crippen molar-refractivity contribution in [2.45, 2.75) is 31.1 Å². The van der Waals surface area contributed by atoms with E-state index >= 15 is 0 Å². The summed E-state index contributed by atoms with van der Waals surface area (Å²) in [6, 6.07) is 12.4. The molecule has 0 aliphatic carbocycles. The smallest absolute Gasteiger partial charge is 0.255 e. The van der Waals surface area contributed by atoms with Gasteiger partial charge in [0.15, 0.2) is 5.13 Å². The van der Waals surface area contributed by atoms with Gasteiger partial charge in [0.25, 0.3) is 10.0 Å². The quantitative estimate of drug-likeness (QED) is 0.523. The highest BCUT2D eigenvalue weighted by Gasteiger charge is 2.20. The fraction of sp³-hybridized carbons (Fsp3) is 0.211. The Balaban J connectivity index is 1.85. The summed E-state index contributed by atoms with van der Waals surface area (Å²) < 4.78 is 27.6. The van der Waals surface area contributed by atoms with Crippen molar-refractivity contribution in [1.82, 2.24) is 4.98 Å². The molecule has 1 aromatic heterocycles. The third-order valence-electron chi connectivity index (χ3n) is 3.96. The topological polar surface area (TPSA) is 59.1 Å². The lowest BCUT2D eigenvalue weighted by Gasteiger charge is -2.18. The number of thiazole rings is 1. The summed E-state index contributed by atoms with van der Waals surface area (Å²) in [6.07, 6.45) is 0. The molecule has 3 aromatic rings. The van der Waals surface area contributed by atoms with E-state index in [1.807, 2.05) is 17.5 Å². The lowest BCUT2D eigenvalue weighted by Crippen LogP contribution is -2.13. The first-order chi connectivity index (χ1) is 12.6. The molecule has 0 spiro atoms. The maximum Gasteiger partial charge on any atom is 0.265 e. The Labute approximate surface area is 173 Å². The number of anilines is 1. The Kier molecular flexibility index (Phi) is 5.54. The molecule has 0 radical (unpaired) electrons. The zero-order valence-corrected chi connectivity index (χ0v) is 18.1. The predicted molar refractivity (Wildman–Crippen MR) is 114 cm³/mol. The van der Waals surface area contributed by atoms with Crippen LogP contribution in [0.4, 0.5) is 5.13 Å². The number of rotatable bonds is 4. The molecular formula is C19H18Cl2N2O2S2. The van der Waals surface area contributed by atoms with Gasteiger partial charge < -0.3 is 0 Å². The Hall–Kier alpha value is -1.60. The van der Waals surface area contributed by atoms with Gasteiger partial charge in [-0.1, -0.05) is 68.2 Å². The van der Waals surface area contributed by atoms with Gasteiger partial charge in [-0.25, -0.2) is 13.4 Å².